The second-order valence-corrected chi connectivity index (χ2v) is 9.39. The Morgan fingerprint density at radius 2 is 2.03 bits per heavy atom. The van der Waals surface area contributed by atoms with Gasteiger partial charge in [-0.3, -0.25) is 19.5 Å². The second kappa shape index (κ2) is 8.79. The standard InChI is InChI=1S/C25H32N4O3/c1-2-28-21-14-29-20(11-10-18(25(29)32)16-7-6-12-26-13-16)23(28)22(19(21)15-30)24(31)27-17-8-4-3-5-9-17/h6-7,10-13,17,19,21-23,30H,2-5,8-9,14-15H2,1H3,(H,27,31)/t19-,21-,22+,23+/m0/s1. The summed E-state index contributed by atoms with van der Waals surface area (Å²) in [4.78, 5) is 33.5. The van der Waals surface area contributed by atoms with Gasteiger partial charge in [0.2, 0.25) is 5.91 Å². The van der Waals surface area contributed by atoms with Crippen LogP contribution < -0.4 is 10.9 Å². The molecule has 1 saturated heterocycles. The van der Waals surface area contributed by atoms with Gasteiger partial charge in [-0.05, 0) is 37.6 Å². The number of aliphatic hydroxyl groups excluding tert-OH is 1. The van der Waals surface area contributed by atoms with Gasteiger partial charge in [0.05, 0.1) is 12.0 Å². The maximum absolute atomic E-state index is 13.5. The summed E-state index contributed by atoms with van der Waals surface area (Å²) in [5, 5.41) is 13.6. The lowest BCUT2D eigenvalue weighted by Crippen LogP contribution is -2.46. The SMILES string of the molecule is CCN1[C@@H]2c3ccc(-c4cccnc4)c(=O)n3C[C@H]1[C@H](CO)[C@H]2C(=O)NC1CCCCC1. The van der Waals surface area contributed by atoms with Crippen LogP contribution in [0.2, 0.25) is 0 Å². The van der Waals surface area contributed by atoms with Crippen molar-refractivity contribution in [1.82, 2.24) is 19.8 Å². The highest BCUT2D eigenvalue weighted by Gasteiger charge is 2.55. The summed E-state index contributed by atoms with van der Waals surface area (Å²) in [5.74, 6) is -0.520. The summed E-state index contributed by atoms with van der Waals surface area (Å²) >= 11 is 0. The Bertz CT molecular complexity index is 1030. The minimum Gasteiger partial charge on any atom is -0.396 e. The van der Waals surface area contributed by atoms with Crippen molar-refractivity contribution in [1.29, 1.82) is 0 Å². The summed E-state index contributed by atoms with van der Waals surface area (Å²) in [6, 6.07) is 7.57. The average molecular weight is 437 g/mol. The highest BCUT2D eigenvalue weighted by Crippen LogP contribution is 2.48. The third-order valence-corrected chi connectivity index (χ3v) is 7.76. The number of likely N-dealkylation sites (N-methyl/N-ethyl adjacent to an activating group) is 1. The predicted octanol–water partition coefficient (Wildman–Crippen LogP) is 2.34. The van der Waals surface area contributed by atoms with Gasteiger partial charge in [-0.1, -0.05) is 32.3 Å². The maximum Gasteiger partial charge on any atom is 0.258 e. The van der Waals surface area contributed by atoms with E-state index >= 15 is 0 Å². The van der Waals surface area contributed by atoms with E-state index in [-0.39, 0.29) is 48.0 Å². The van der Waals surface area contributed by atoms with Crippen LogP contribution in [-0.4, -0.2) is 50.7 Å². The van der Waals surface area contributed by atoms with Gasteiger partial charge in [0.25, 0.3) is 5.56 Å². The lowest BCUT2D eigenvalue weighted by atomic mass is 9.85. The summed E-state index contributed by atoms with van der Waals surface area (Å²) in [7, 11) is 0. The van der Waals surface area contributed by atoms with E-state index in [2.05, 4.69) is 22.1 Å². The molecule has 5 rings (SSSR count). The molecule has 0 spiro atoms. The third kappa shape index (κ3) is 3.48. The zero-order valence-corrected chi connectivity index (χ0v) is 18.6. The van der Waals surface area contributed by atoms with E-state index in [9.17, 15) is 14.7 Å². The molecule has 1 saturated carbocycles. The van der Waals surface area contributed by atoms with Gasteiger partial charge in [-0.2, -0.15) is 0 Å². The van der Waals surface area contributed by atoms with Crippen molar-refractivity contribution in [2.24, 2.45) is 11.8 Å². The molecular weight excluding hydrogens is 404 g/mol. The van der Waals surface area contributed by atoms with E-state index in [1.807, 2.05) is 28.8 Å². The Kier molecular flexibility index (Phi) is 5.86. The molecule has 32 heavy (non-hydrogen) atoms. The Labute approximate surface area is 188 Å². The number of aromatic nitrogens is 2. The number of aliphatic hydroxyl groups is 1. The van der Waals surface area contributed by atoms with Gasteiger partial charge in [-0.15, -0.1) is 0 Å². The number of amides is 1. The smallest absolute Gasteiger partial charge is 0.258 e. The Morgan fingerprint density at radius 3 is 2.72 bits per heavy atom. The minimum absolute atomic E-state index is 0.0270. The van der Waals surface area contributed by atoms with Crippen LogP contribution in [0.4, 0.5) is 0 Å². The molecule has 2 N–H and O–H groups in total. The van der Waals surface area contributed by atoms with E-state index in [4.69, 9.17) is 0 Å². The molecule has 1 amide bonds. The molecule has 4 heterocycles. The van der Waals surface area contributed by atoms with E-state index < -0.39 is 0 Å². The molecule has 2 bridgehead atoms. The van der Waals surface area contributed by atoms with Crippen LogP contribution in [-0.2, 0) is 11.3 Å². The van der Waals surface area contributed by atoms with Gasteiger partial charge in [-0.25, -0.2) is 0 Å². The summed E-state index contributed by atoms with van der Waals surface area (Å²) in [6.45, 7) is 3.30. The molecule has 4 atom stereocenters. The monoisotopic (exact) mass is 436 g/mol. The number of nitrogens with zero attached hydrogens (tertiary/aromatic N) is 3. The topological polar surface area (TPSA) is 87.5 Å². The van der Waals surface area contributed by atoms with Crippen molar-refractivity contribution in [3.63, 3.8) is 0 Å². The van der Waals surface area contributed by atoms with Crippen LogP contribution in [0.3, 0.4) is 0 Å². The lowest BCUT2D eigenvalue weighted by molar-refractivity contribution is -0.128. The highest BCUT2D eigenvalue weighted by molar-refractivity contribution is 5.81. The van der Waals surface area contributed by atoms with Crippen molar-refractivity contribution in [3.05, 3.63) is 52.7 Å². The molecule has 0 aromatic carbocycles. The lowest BCUT2D eigenvalue weighted by Gasteiger charge is -2.37. The molecule has 3 aliphatic rings. The molecule has 0 unspecified atom stereocenters. The second-order valence-electron chi connectivity index (χ2n) is 9.39. The summed E-state index contributed by atoms with van der Waals surface area (Å²) in [5.41, 5.74) is 2.24. The van der Waals surface area contributed by atoms with Crippen molar-refractivity contribution in [3.8, 4) is 11.1 Å². The zero-order chi connectivity index (χ0) is 22.2. The van der Waals surface area contributed by atoms with Gasteiger partial charge in [0.1, 0.15) is 0 Å². The molecule has 2 aliphatic heterocycles. The number of carbonyl (C=O) groups excluding carboxylic acids is 1. The number of fused-ring (bicyclic) bond motifs is 4. The molecular formula is C25H32N4O3. The van der Waals surface area contributed by atoms with Crippen LogP contribution >= 0.6 is 0 Å². The molecule has 0 radical (unpaired) electrons. The third-order valence-electron chi connectivity index (χ3n) is 7.76. The summed E-state index contributed by atoms with van der Waals surface area (Å²) < 4.78 is 1.83. The van der Waals surface area contributed by atoms with Crippen LogP contribution in [0.25, 0.3) is 11.1 Å². The van der Waals surface area contributed by atoms with Crippen molar-refractivity contribution in [2.75, 3.05) is 13.2 Å². The first-order chi connectivity index (χ1) is 15.6. The predicted molar refractivity (Wildman–Crippen MR) is 122 cm³/mol. The van der Waals surface area contributed by atoms with Gasteiger partial charge >= 0.3 is 0 Å². The Morgan fingerprint density at radius 1 is 1.22 bits per heavy atom. The molecule has 7 heteroatoms. The van der Waals surface area contributed by atoms with Gasteiger partial charge in [0, 0.05) is 60.4 Å². The largest absolute Gasteiger partial charge is 0.396 e. The fourth-order valence-corrected chi connectivity index (χ4v) is 6.24. The van der Waals surface area contributed by atoms with E-state index in [0.29, 0.717) is 12.1 Å². The van der Waals surface area contributed by atoms with E-state index in [1.54, 1.807) is 12.4 Å². The van der Waals surface area contributed by atoms with Crippen LogP contribution in [0.15, 0.2) is 41.5 Å². The number of hydrogen-bond acceptors (Lipinski definition) is 5. The molecule has 7 nitrogen and oxygen atoms in total. The first kappa shape index (κ1) is 21.3. The number of nitrogens with one attached hydrogen (secondary N) is 1. The molecule has 2 fully saturated rings. The fourth-order valence-electron chi connectivity index (χ4n) is 6.24. The molecule has 2 aromatic heterocycles. The van der Waals surface area contributed by atoms with Crippen LogP contribution in [0.1, 0.15) is 50.8 Å². The van der Waals surface area contributed by atoms with Crippen LogP contribution in [0.5, 0.6) is 0 Å². The van der Waals surface area contributed by atoms with Gasteiger partial charge < -0.3 is 15.0 Å². The number of pyridine rings is 2. The number of rotatable bonds is 5. The Balaban J connectivity index is 1.53. The Hall–Kier alpha value is -2.51. The van der Waals surface area contributed by atoms with E-state index in [1.165, 1.54) is 6.42 Å². The molecule has 1 aliphatic carbocycles. The van der Waals surface area contributed by atoms with Crippen molar-refractivity contribution in [2.45, 2.75) is 63.7 Å². The maximum atomic E-state index is 13.5. The molecule has 170 valence electrons. The first-order valence-electron chi connectivity index (χ1n) is 11.9. The number of hydrogen-bond donors (Lipinski definition) is 2. The number of carbonyl (C=O) groups is 1. The fraction of sp³-hybridized carbons (Fsp3) is 0.560. The van der Waals surface area contributed by atoms with Crippen molar-refractivity contribution >= 4 is 5.91 Å². The van der Waals surface area contributed by atoms with Crippen LogP contribution in [0, 0.1) is 11.8 Å². The zero-order valence-electron chi connectivity index (χ0n) is 18.6. The summed E-state index contributed by atoms with van der Waals surface area (Å²) in [6.07, 6.45) is 9.00. The first-order valence-corrected chi connectivity index (χ1v) is 11.9. The van der Waals surface area contributed by atoms with Gasteiger partial charge in [0.15, 0.2) is 0 Å². The average Bonchev–Trinajstić information content (AvgIpc) is 3.06. The van der Waals surface area contributed by atoms with E-state index in [0.717, 1.165) is 43.5 Å². The van der Waals surface area contributed by atoms with Crippen molar-refractivity contribution < 1.29 is 9.90 Å². The highest BCUT2D eigenvalue weighted by atomic mass is 16.3. The molecule has 2 aromatic rings. The quantitative estimate of drug-likeness (QED) is 0.751. The minimum atomic E-state index is -0.357. The normalized spacial score (nSPS) is 27.8.